The molecule has 0 fully saturated rings. The summed E-state index contributed by atoms with van der Waals surface area (Å²) in [6, 6.07) is 5.29. The molecule has 1 atom stereocenters. The highest BCUT2D eigenvalue weighted by Crippen LogP contribution is 2.20. The number of rotatable bonds is 9. The molecule has 0 saturated heterocycles. The van der Waals surface area contributed by atoms with Crippen molar-refractivity contribution in [3.8, 4) is 0 Å². The van der Waals surface area contributed by atoms with Crippen LogP contribution in [0.5, 0.6) is 0 Å². The van der Waals surface area contributed by atoms with Crippen molar-refractivity contribution < 1.29 is 0 Å². The maximum atomic E-state index is 4.68. The molecule has 0 spiro atoms. The molecule has 1 unspecified atom stereocenters. The summed E-state index contributed by atoms with van der Waals surface area (Å²) in [5.41, 5.74) is 2.39. The Hall–Kier alpha value is -1.09. The molecule has 1 aromatic rings. The van der Waals surface area contributed by atoms with E-state index in [1.165, 1.54) is 5.69 Å². The van der Waals surface area contributed by atoms with Crippen molar-refractivity contribution in [3.63, 3.8) is 0 Å². The lowest BCUT2D eigenvalue weighted by atomic mass is 10.1. The van der Waals surface area contributed by atoms with Gasteiger partial charge in [0.25, 0.3) is 0 Å². The van der Waals surface area contributed by atoms with Crippen LogP contribution in [0, 0.1) is 0 Å². The van der Waals surface area contributed by atoms with E-state index in [9.17, 15) is 0 Å². The number of aromatic nitrogens is 1. The van der Waals surface area contributed by atoms with Gasteiger partial charge < -0.3 is 10.2 Å². The van der Waals surface area contributed by atoms with Crippen LogP contribution in [0.15, 0.2) is 18.3 Å². The van der Waals surface area contributed by atoms with Gasteiger partial charge in [-0.05, 0) is 51.8 Å². The zero-order chi connectivity index (χ0) is 15.0. The van der Waals surface area contributed by atoms with Crippen molar-refractivity contribution in [1.29, 1.82) is 0 Å². The molecule has 20 heavy (non-hydrogen) atoms. The summed E-state index contributed by atoms with van der Waals surface area (Å²) in [5.74, 6) is 0. The normalized spacial score (nSPS) is 12.7. The zero-order valence-electron chi connectivity index (χ0n) is 13.8. The molecule has 0 amide bonds. The van der Waals surface area contributed by atoms with Crippen LogP contribution in [-0.4, -0.2) is 24.1 Å². The first-order chi connectivity index (χ1) is 9.63. The largest absolute Gasteiger partial charge is 0.368 e. The molecule has 0 saturated carbocycles. The third-order valence-corrected chi connectivity index (χ3v) is 3.60. The molecule has 0 aliphatic rings. The minimum Gasteiger partial charge on any atom is -0.368 e. The topological polar surface area (TPSA) is 28.2 Å². The first kappa shape index (κ1) is 17.0. The minimum atomic E-state index is 0.377. The standard InChI is InChI=1S/C17H31N3/c1-6-11-18-16(8-3)17-10-9-15(13-19-17)20(12-7-2)14(4)5/h9-10,13-14,16,18H,6-8,11-12H2,1-5H3. The molecule has 0 radical (unpaired) electrons. The zero-order valence-corrected chi connectivity index (χ0v) is 13.8. The van der Waals surface area contributed by atoms with Crippen LogP contribution >= 0.6 is 0 Å². The van der Waals surface area contributed by atoms with E-state index >= 15 is 0 Å². The molecule has 1 aromatic heterocycles. The van der Waals surface area contributed by atoms with Crippen LogP contribution in [0.3, 0.4) is 0 Å². The third kappa shape index (κ3) is 4.78. The van der Waals surface area contributed by atoms with E-state index in [4.69, 9.17) is 0 Å². The highest BCUT2D eigenvalue weighted by Gasteiger charge is 2.13. The van der Waals surface area contributed by atoms with Gasteiger partial charge in [-0.25, -0.2) is 0 Å². The smallest absolute Gasteiger partial charge is 0.0574 e. The van der Waals surface area contributed by atoms with Gasteiger partial charge in [-0.15, -0.1) is 0 Å². The molecule has 114 valence electrons. The van der Waals surface area contributed by atoms with E-state index in [1.54, 1.807) is 0 Å². The highest BCUT2D eigenvalue weighted by molar-refractivity contribution is 5.45. The number of anilines is 1. The molecule has 3 heteroatoms. The molecule has 0 bridgehead atoms. The first-order valence-electron chi connectivity index (χ1n) is 8.09. The van der Waals surface area contributed by atoms with E-state index in [2.05, 4.69) is 62.0 Å². The average molecular weight is 277 g/mol. The Morgan fingerprint density at radius 2 is 1.90 bits per heavy atom. The van der Waals surface area contributed by atoms with E-state index in [0.717, 1.165) is 38.0 Å². The number of nitrogens with one attached hydrogen (secondary N) is 1. The van der Waals surface area contributed by atoms with Crippen molar-refractivity contribution in [2.75, 3.05) is 18.0 Å². The Kier molecular flexibility index (Phi) is 7.60. The second-order valence-electron chi connectivity index (χ2n) is 5.64. The number of hydrogen-bond donors (Lipinski definition) is 1. The van der Waals surface area contributed by atoms with Crippen LogP contribution in [0.1, 0.15) is 65.6 Å². The van der Waals surface area contributed by atoms with Gasteiger partial charge in [-0.3, -0.25) is 4.98 Å². The van der Waals surface area contributed by atoms with E-state index in [0.29, 0.717) is 12.1 Å². The molecule has 1 heterocycles. The minimum absolute atomic E-state index is 0.377. The maximum absolute atomic E-state index is 4.68. The summed E-state index contributed by atoms with van der Waals surface area (Å²) in [4.78, 5) is 7.10. The molecule has 0 aliphatic carbocycles. The monoisotopic (exact) mass is 277 g/mol. The van der Waals surface area contributed by atoms with Crippen molar-refractivity contribution in [3.05, 3.63) is 24.0 Å². The van der Waals surface area contributed by atoms with Crippen LogP contribution < -0.4 is 10.2 Å². The summed E-state index contributed by atoms with van der Waals surface area (Å²) in [7, 11) is 0. The Balaban J connectivity index is 2.80. The van der Waals surface area contributed by atoms with Crippen molar-refractivity contribution in [2.24, 2.45) is 0 Å². The summed E-state index contributed by atoms with van der Waals surface area (Å²) >= 11 is 0. The highest BCUT2D eigenvalue weighted by atomic mass is 15.2. The van der Waals surface area contributed by atoms with Gasteiger partial charge in [-0.2, -0.15) is 0 Å². The maximum Gasteiger partial charge on any atom is 0.0574 e. The Morgan fingerprint density at radius 1 is 1.15 bits per heavy atom. The molecule has 0 aromatic carbocycles. The van der Waals surface area contributed by atoms with E-state index in [-0.39, 0.29) is 0 Å². The van der Waals surface area contributed by atoms with E-state index < -0.39 is 0 Å². The van der Waals surface area contributed by atoms with Crippen LogP contribution in [-0.2, 0) is 0 Å². The fraction of sp³-hybridized carbons (Fsp3) is 0.706. The molecule has 1 N–H and O–H groups in total. The summed E-state index contributed by atoms with van der Waals surface area (Å²) < 4.78 is 0. The van der Waals surface area contributed by atoms with Crippen LogP contribution in [0.4, 0.5) is 5.69 Å². The quantitative estimate of drug-likeness (QED) is 0.734. The Labute approximate surface area is 124 Å². The van der Waals surface area contributed by atoms with Gasteiger partial charge in [0.15, 0.2) is 0 Å². The lowest BCUT2D eigenvalue weighted by molar-refractivity contribution is 0.507. The SMILES string of the molecule is CCCNC(CC)c1ccc(N(CCC)C(C)C)cn1. The number of nitrogens with zero attached hydrogens (tertiary/aromatic N) is 2. The number of pyridine rings is 1. The lowest BCUT2D eigenvalue weighted by Crippen LogP contribution is -2.31. The summed E-state index contributed by atoms with van der Waals surface area (Å²) in [6.07, 6.45) is 5.43. The second-order valence-corrected chi connectivity index (χ2v) is 5.64. The van der Waals surface area contributed by atoms with Crippen molar-refractivity contribution >= 4 is 5.69 Å². The van der Waals surface area contributed by atoms with E-state index in [1.807, 2.05) is 6.20 Å². The third-order valence-electron chi connectivity index (χ3n) is 3.60. The molecular formula is C17H31N3. The molecule has 1 rings (SSSR count). The number of hydrogen-bond acceptors (Lipinski definition) is 3. The predicted octanol–water partition coefficient (Wildman–Crippen LogP) is 4.16. The van der Waals surface area contributed by atoms with Crippen LogP contribution in [0.2, 0.25) is 0 Å². The fourth-order valence-electron chi connectivity index (χ4n) is 2.48. The van der Waals surface area contributed by atoms with Crippen molar-refractivity contribution in [1.82, 2.24) is 10.3 Å². The first-order valence-corrected chi connectivity index (χ1v) is 8.09. The van der Waals surface area contributed by atoms with Gasteiger partial charge in [0, 0.05) is 18.6 Å². The van der Waals surface area contributed by atoms with Gasteiger partial charge in [0.05, 0.1) is 17.6 Å². The van der Waals surface area contributed by atoms with Gasteiger partial charge >= 0.3 is 0 Å². The average Bonchev–Trinajstić information content (AvgIpc) is 2.46. The second kappa shape index (κ2) is 8.96. The summed E-state index contributed by atoms with van der Waals surface area (Å²) in [5, 5.41) is 3.56. The van der Waals surface area contributed by atoms with Gasteiger partial charge in [-0.1, -0.05) is 20.8 Å². The van der Waals surface area contributed by atoms with Gasteiger partial charge in [0.2, 0.25) is 0 Å². The Morgan fingerprint density at radius 3 is 2.35 bits per heavy atom. The molecule has 3 nitrogen and oxygen atoms in total. The summed E-state index contributed by atoms with van der Waals surface area (Å²) in [6.45, 7) is 13.2. The molecule has 0 aliphatic heterocycles. The van der Waals surface area contributed by atoms with Gasteiger partial charge in [0.1, 0.15) is 0 Å². The van der Waals surface area contributed by atoms with Crippen LogP contribution in [0.25, 0.3) is 0 Å². The molecular weight excluding hydrogens is 246 g/mol. The van der Waals surface area contributed by atoms with Crippen molar-refractivity contribution in [2.45, 2.75) is 66.0 Å². The fourth-order valence-corrected chi connectivity index (χ4v) is 2.48. The Bertz CT molecular complexity index is 359. The predicted molar refractivity (Wildman–Crippen MR) is 88.3 cm³/mol. The lowest BCUT2D eigenvalue weighted by Gasteiger charge is -2.28.